The van der Waals surface area contributed by atoms with E-state index in [9.17, 15) is 0 Å². The number of hydrogen-bond donors (Lipinski definition) is 1. The van der Waals surface area contributed by atoms with Gasteiger partial charge in [-0.2, -0.15) is 5.10 Å². The highest BCUT2D eigenvalue weighted by Crippen LogP contribution is 2.14. The second-order valence-electron chi connectivity index (χ2n) is 6.80. The minimum atomic E-state index is 0.598. The molecule has 0 amide bonds. The van der Waals surface area contributed by atoms with E-state index >= 15 is 0 Å². The summed E-state index contributed by atoms with van der Waals surface area (Å²) in [5, 5.41) is 7.67. The van der Waals surface area contributed by atoms with Gasteiger partial charge in [0, 0.05) is 45.1 Å². The molecule has 26 heavy (non-hydrogen) atoms. The molecule has 1 N–H and O–H groups in total. The molecule has 1 atom stereocenters. The van der Waals surface area contributed by atoms with Crippen molar-refractivity contribution in [1.29, 1.82) is 0 Å². The molecule has 1 aliphatic rings. The number of nitrogens with zero attached hydrogens (tertiary/aromatic N) is 4. The van der Waals surface area contributed by atoms with Crippen molar-refractivity contribution in [2.24, 2.45) is 10.9 Å². The SMILES string of the molecule is CCNC(=NCc1cccc(Cn2cccn2)c1)N(C)CC1CCOC1. The second kappa shape index (κ2) is 9.38. The zero-order chi connectivity index (χ0) is 18.2. The van der Waals surface area contributed by atoms with Crippen molar-refractivity contribution in [3.05, 3.63) is 53.9 Å². The van der Waals surface area contributed by atoms with Gasteiger partial charge in [-0.1, -0.05) is 24.3 Å². The largest absolute Gasteiger partial charge is 0.381 e. The Kier molecular flexibility index (Phi) is 6.66. The average Bonchev–Trinajstić information content (AvgIpc) is 3.33. The highest BCUT2D eigenvalue weighted by molar-refractivity contribution is 5.79. The number of aliphatic imine (C=N–C) groups is 1. The van der Waals surface area contributed by atoms with Crippen molar-refractivity contribution in [3.63, 3.8) is 0 Å². The molecule has 0 aliphatic carbocycles. The molecule has 6 heteroatoms. The summed E-state index contributed by atoms with van der Waals surface area (Å²) in [5.41, 5.74) is 2.45. The molecule has 140 valence electrons. The van der Waals surface area contributed by atoms with Gasteiger partial charge in [0.05, 0.1) is 19.7 Å². The molecule has 0 radical (unpaired) electrons. The molecule has 3 rings (SSSR count). The van der Waals surface area contributed by atoms with Crippen molar-refractivity contribution < 1.29 is 4.74 Å². The fraction of sp³-hybridized carbons (Fsp3) is 0.500. The van der Waals surface area contributed by atoms with E-state index in [1.54, 1.807) is 0 Å². The van der Waals surface area contributed by atoms with Gasteiger partial charge >= 0.3 is 0 Å². The van der Waals surface area contributed by atoms with E-state index in [0.717, 1.165) is 45.2 Å². The number of nitrogens with one attached hydrogen (secondary N) is 1. The van der Waals surface area contributed by atoms with Crippen LogP contribution in [0.25, 0.3) is 0 Å². The minimum Gasteiger partial charge on any atom is -0.381 e. The lowest BCUT2D eigenvalue weighted by Gasteiger charge is -2.24. The van der Waals surface area contributed by atoms with Gasteiger partial charge < -0.3 is 15.0 Å². The minimum absolute atomic E-state index is 0.598. The molecule has 2 aromatic rings. The molecule has 2 heterocycles. The summed E-state index contributed by atoms with van der Waals surface area (Å²) >= 11 is 0. The monoisotopic (exact) mass is 355 g/mol. The highest BCUT2D eigenvalue weighted by atomic mass is 16.5. The van der Waals surface area contributed by atoms with E-state index < -0.39 is 0 Å². The molecule has 1 aromatic carbocycles. The Morgan fingerprint density at radius 1 is 1.38 bits per heavy atom. The molecule has 0 saturated carbocycles. The third kappa shape index (κ3) is 5.33. The summed E-state index contributed by atoms with van der Waals surface area (Å²) in [5.74, 6) is 1.55. The van der Waals surface area contributed by atoms with Crippen LogP contribution in [0.4, 0.5) is 0 Å². The van der Waals surface area contributed by atoms with Gasteiger partial charge in [-0.15, -0.1) is 0 Å². The summed E-state index contributed by atoms with van der Waals surface area (Å²) in [7, 11) is 2.11. The van der Waals surface area contributed by atoms with Gasteiger partial charge in [-0.25, -0.2) is 4.99 Å². The fourth-order valence-electron chi connectivity index (χ4n) is 3.24. The van der Waals surface area contributed by atoms with Crippen LogP contribution in [-0.2, 0) is 17.8 Å². The standard InChI is InChI=1S/C20H29N5O/c1-3-21-20(24(2)14-19-8-11-26-16-19)22-13-17-6-4-7-18(12-17)15-25-10-5-9-23-25/h4-7,9-10,12,19H,3,8,11,13-16H2,1-2H3,(H,21,22). The number of ether oxygens (including phenoxy) is 1. The first-order valence-electron chi connectivity index (χ1n) is 9.37. The van der Waals surface area contributed by atoms with Crippen LogP contribution in [-0.4, -0.2) is 54.0 Å². The van der Waals surface area contributed by atoms with Gasteiger partial charge in [-0.05, 0) is 30.5 Å². The van der Waals surface area contributed by atoms with Crippen LogP contribution in [0, 0.1) is 5.92 Å². The first kappa shape index (κ1) is 18.5. The Hall–Kier alpha value is -2.34. The van der Waals surface area contributed by atoms with E-state index in [1.807, 2.05) is 23.1 Å². The molecule has 1 unspecified atom stereocenters. The Morgan fingerprint density at radius 3 is 3.00 bits per heavy atom. The number of rotatable bonds is 7. The summed E-state index contributed by atoms with van der Waals surface area (Å²) in [6.07, 6.45) is 4.93. The second-order valence-corrected chi connectivity index (χ2v) is 6.80. The zero-order valence-corrected chi connectivity index (χ0v) is 15.8. The maximum Gasteiger partial charge on any atom is 0.193 e. The quantitative estimate of drug-likeness (QED) is 0.612. The summed E-state index contributed by atoms with van der Waals surface area (Å²) < 4.78 is 7.42. The highest BCUT2D eigenvalue weighted by Gasteiger charge is 2.19. The molecule has 6 nitrogen and oxygen atoms in total. The van der Waals surface area contributed by atoms with Crippen molar-refractivity contribution in [2.75, 3.05) is 33.4 Å². The van der Waals surface area contributed by atoms with Crippen molar-refractivity contribution in [1.82, 2.24) is 20.0 Å². The molecular formula is C20H29N5O. The van der Waals surface area contributed by atoms with Crippen molar-refractivity contribution in [2.45, 2.75) is 26.4 Å². The fourth-order valence-corrected chi connectivity index (χ4v) is 3.24. The number of hydrogen-bond acceptors (Lipinski definition) is 3. The van der Waals surface area contributed by atoms with Crippen LogP contribution in [0.2, 0.25) is 0 Å². The Bertz CT molecular complexity index is 692. The zero-order valence-electron chi connectivity index (χ0n) is 15.8. The van der Waals surface area contributed by atoms with E-state index in [2.05, 4.69) is 53.6 Å². The average molecular weight is 355 g/mol. The van der Waals surface area contributed by atoms with Crippen LogP contribution in [0.1, 0.15) is 24.5 Å². The van der Waals surface area contributed by atoms with E-state index in [4.69, 9.17) is 9.73 Å². The lowest BCUT2D eigenvalue weighted by atomic mass is 10.1. The smallest absolute Gasteiger partial charge is 0.193 e. The first-order valence-corrected chi connectivity index (χ1v) is 9.37. The maximum atomic E-state index is 5.49. The van der Waals surface area contributed by atoms with E-state index in [-0.39, 0.29) is 0 Å². The summed E-state index contributed by atoms with van der Waals surface area (Å²) in [4.78, 5) is 7.05. The van der Waals surface area contributed by atoms with E-state index in [1.165, 1.54) is 11.1 Å². The van der Waals surface area contributed by atoms with Crippen LogP contribution >= 0.6 is 0 Å². The molecule has 1 aromatic heterocycles. The maximum absolute atomic E-state index is 5.49. The third-order valence-corrected chi connectivity index (χ3v) is 4.56. The topological polar surface area (TPSA) is 54.7 Å². The molecular weight excluding hydrogens is 326 g/mol. The van der Waals surface area contributed by atoms with Crippen LogP contribution in [0.5, 0.6) is 0 Å². The first-order chi connectivity index (χ1) is 12.7. The predicted octanol–water partition coefficient (Wildman–Crippen LogP) is 2.37. The lowest BCUT2D eigenvalue weighted by molar-refractivity contribution is 0.181. The van der Waals surface area contributed by atoms with Crippen LogP contribution in [0.15, 0.2) is 47.7 Å². The molecule has 0 spiro atoms. The van der Waals surface area contributed by atoms with E-state index in [0.29, 0.717) is 12.5 Å². The lowest BCUT2D eigenvalue weighted by Crippen LogP contribution is -2.41. The molecule has 1 saturated heterocycles. The van der Waals surface area contributed by atoms with Crippen molar-refractivity contribution >= 4 is 5.96 Å². The van der Waals surface area contributed by atoms with Gasteiger partial charge in [-0.3, -0.25) is 4.68 Å². The van der Waals surface area contributed by atoms with Crippen LogP contribution in [0.3, 0.4) is 0 Å². The van der Waals surface area contributed by atoms with Gasteiger partial charge in [0.2, 0.25) is 0 Å². The number of aromatic nitrogens is 2. The van der Waals surface area contributed by atoms with Gasteiger partial charge in [0.25, 0.3) is 0 Å². The van der Waals surface area contributed by atoms with Gasteiger partial charge in [0.15, 0.2) is 5.96 Å². The normalized spacial score (nSPS) is 17.5. The molecule has 0 bridgehead atoms. The number of guanidine groups is 1. The third-order valence-electron chi connectivity index (χ3n) is 4.56. The predicted molar refractivity (Wildman–Crippen MR) is 104 cm³/mol. The number of benzene rings is 1. The van der Waals surface area contributed by atoms with Crippen LogP contribution < -0.4 is 5.32 Å². The Labute approximate surface area is 155 Å². The Balaban J connectivity index is 1.62. The summed E-state index contributed by atoms with van der Waals surface area (Å²) in [6, 6.07) is 10.5. The Morgan fingerprint density at radius 2 is 2.27 bits per heavy atom. The molecule has 1 fully saturated rings. The van der Waals surface area contributed by atoms with Gasteiger partial charge in [0.1, 0.15) is 0 Å². The van der Waals surface area contributed by atoms with Crippen molar-refractivity contribution in [3.8, 4) is 0 Å². The molecule has 1 aliphatic heterocycles. The summed E-state index contributed by atoms with van der Waals surface area (Å²) in [6.45, 7) is 7.14.